The van der Waals surface area contributed by atoms with E-state index in [0.29, 0.717) is 12.2 Å². The second kappa shape index (κ2) is 4.19. The number of aliphatic hydroxyl groups is 1. The van der Waals surface area contributed by atoms with E-state index in [-0.39, 0.29) is 11.5 Å². The van der Waals surface area contributed by atoms with Gasteiger partial charge in [-0.3, -0.25) is 0 Å². The zero-order valence-corrected chi connectivity index (χ0v) is 9.91. The van der Waals surface area contributed by atoms with Crippen molar-refractivity contribution in [3.8, 4) is 0 Å². The van der Waals surface area contributed by atoms with Crippen LogP contribution in [0, 0.1) is 6.92 Å². The van der Waals surface area contributed by atoms with Gasteiger partial charge in [-0.25, -0.2) is 4.98 Å². The first-order chi connectivity index (χ1) is 6.84. The van der Waals surface area contributed by atoms with Crippen LogP contribution in [0.4, 0.5) is 5.82 Å². The Hall–Kier alpha value is -1.09. The standard InChI is InChI=1S/C12H20N2O/c1-8-5-6-14-11(13)10(8)12(3,4)7-9(2)15/h5-6,9,15H,7H2,1-4H3,(H2,13,14). The minimum atomic E-state index is -0.334. The Kier molecular flexibility index (Phi) is 3.35. The molecule has 0 saturated heterocycles. The first kappa shape index (κ1) is 12.0. The Balaban J connectivity index is 3.14. The lowest BCUT2D eigenvalue weighted by Gasteiger charge is -2.29. The lowest BCUT2D eigenvalue weighted by molar-refractivity contribution is 0.157. The summed E-state index contributed by atoms with van der Waals surface area (Å²) >= 11 is 0. The molecule has 3 nitrogen and oxygen atoms in total. The van der Waals surface area contributed by atoms with Crippen molar-refractivity contribution < 1.29 is 5.11 Å². The van der Waals surface area contributed by atoms with E-state index < -0.39 is 0 Å². The number of aliphatic hydroxyl groups excluding tert-OH is 1. The summed E-state index contributed by atoms with van der Waals surface area (Å²) < 4.78 is 0. The molecular formula is C12H20N2O. The minimum Gasteiger partial charge on any atom is -0.393 e. The zero-order chi connectivity index (χ0) is 11.6. The molecule has 0 aliphatic rings. The van der Waals surface area contributed by atoms with Gasteiger partial charge in [0.25, 0.3) is 0 Å². The van der Waals surface area contributed by atoms with E-state index in [2.05, 4.69) is 18.8 Å². The molecule has 0 radical (unpaired) electrons. The highest BCUT2D eigenvalue weighted by Crippen LogP contribution is 2.33. The molecule has 0 amide bonds. The van der Waals surface area contributed by atoms with E-state index in [4.69, 9.17) is 5.73 Å². The predicted molar refractivity (Wildman–Crippen MR) is 62.7 cm³/mol. The lowest BCUT2D eigenvalue weighted by Crippen LogP contribution is -2.25. The van der Waals surface area contributed by atoms with Crippen LogP contribution in [-0.4, -0.2) is 16.2 Å². The average Bonchev–Trinajstić information content (AvgIpc) is 1.99. The highest BCUT2D eigenvalue weighted by Gasteiger charge is 2.26. The number of nitrogen functional groups attached to an aromatic ring is 1. The number of aryl methyl sites for hydroxylation is 1. The van der Waals surface area contributed by atoms with E-state index in [1.165, 1.54) is 0 Å². The van der Waals surface area contributed by atoms with Crippen molar-refractivity contribution in [3.05, 3.63) is 23.4 Å². The number of nitrogens with zero attached hydrogens (tertiary/aromatic N) is 1. The molecule has 0 fully saturated rings. The summed E-state index contributed by atoms with van der Waals surface area (Å²) in [6, 6.07) is 1.95. The highest BCUT2D eigenvalue weighted by atomic mass is 16.3. The fourth-order valence-corrected chi connectivity index (χ4v) is 2.30. The Morgan fingerprint density at radius 2 is 2.13 bits per heavy atom. The van der Waals surface area contributed by atoms with E-state index in [0.717, 1.165) is 11.1 Å². The summed E-state index contributed by atoms with van der Waals surface area (Å²) in [6.45, 7) is 7.99. The lowest BCUT2D eigenvalue weighted by atomic mass is 9.78. The molecule has 1 rings (SSSR count). The topological polar surface area (TPSA) is 59.1 Å². The molecule has 3 N–H and O–H groups in total. The maximum atomic E-state index is 9.47. The van der Waals surface area contributed by atoms with Crippen molar-refractivity contribution in [1.82, 2.24) is 4.98 Å². The van der Waals surface area contributed by atoms with Crippen LogP contribution in [0.5, 0.6) is 0 Å². The van der Waals surface area contributed by atoms with Crippen molar-refractivity contribution in [2.45, 2.75) is 45.6 Å². The van der Waals surface area contributed by atoms with Crippen molar-refractivity contribution in [2.75, 3.05) is 5.73 Å². The van der Waals surface area contributed by atoms with E-state index in [9.17, 15) is 5.11 Å². The molecule has 1 unspecified atom stereocenters. The SMILES string of the molecule is Cc1ccnc(N)c1C(C)(C)CC(C)O. The third-order valence-electron chi connectivity index (χ3n) is 2.67. The molecule has 0 spiro atoms. The molecule has 1 aromatic heterocycles. The molecule has 1 aromatic rings. The summed E-state index contributed by atoms with van der Waals surface area (Å²) in [5.41, 5.74) is 7.93. The fraction of sp³-hybridized carbons (Fsp3) is 0.583. The second-order valence-corrected chi connectivity index (χ2v) is 4.83. The van der Waals surface area contributed by atoms with Crippen molar-refractivity contribution >= 4 is 5.82 Å². The summed E-state index contributed by atoms with van der Waals surface area (Å²) in [7, 11) is 0. The predicted octanol–water partition coefficient (Wildman–Crippen LogP) is 2.02. The Morgan fingerprint density at radius 3 is 2.60 bits per heavy atom. The van der Waals surface area contributed by atoms with Crippen LogP contribution >= 0.6 is 0 Å². The number of nitrogens with two attached hydrogens (primary N) is 1. The summed E-state index contributed by atoms with van der Waals surface area (Å²) in [5.74, 6) is 0.570. The molecule has 0 aliphatic carbocycles. The zero-order valence-electron chi connectivity index (χ0n) is 9.91. The highest BCUT2D eigenvalue weighted by molar-refractivity contribution is 5.48. The Morgan fingerprint density at radius 1 is 1.53 bits per heavy atom. The number of hydrogen-bond acceptors (Lipinski definition) is 3. The van der Waals surface area contributed by atoms with E-state index in [1.807, 2.05) is 13.0 Å². The average molecular weight is 208 g/mol. The molecule has 0 saturated carbocycles. The van der Waals surface area contributed by atoms with Crippen LogP contribution in [0.15, 0.2) is 12.3 Å². The van der Waals surface area contributed by atoms with Gasteiger partial charge in [-0.05, 0) is 37.3 Å². The normalized spacial score (nSPS) is 13.9. The Labute approximate surface area is 91.3 Å². The van der Waals surface area contributed by atoms with Crippen molar-refractivity contribution in [1.29, 1.82) is 0 Å². The molecule has 15 heavy (non-hydrogen) atoms. The molecule has 0 aliphatic heterocycles. The maximum absolute atomic E-state index is 9.47. The smallest absolute Gasteiger partial charge is 0.127 e. The number of pyridine rings is 1. The summed E-state index contributed by atoms with van der Waals surface area (Å²) in [5, 5.41) is 9.47. The van der Waals surface area contributed by atoms with Gasteiger partial charge in [0.15, 0.2) is 0 Å². The molecule has 1 heterocycles. The molecule has 84 valence electrons. The first-order valence-corrected chi connectivity index (χ1v) is 5.24. The molecule has 0 bridgehead atoms. The van der Waals surface area contributed by atoms with Gasteiger partial charge in [0.1, 0.15) is 5.82 Å². The number of rotatable bonds is 3. The third kappa shape index (κ3) is 2.69. The maximum Gasteiger partial charge on any atom is 0.127 e. The summed E-state index contributed by atoms with van der Waals surface area (Å²) in [6.07, 6.45) is 2.06. The van der Waals surface area contributed by atoms with Crippen LogP contribution in [0.25, 0.3) is 0 Å². The second-order valence-electron chi connectivity index (χ2n) is 4.83. The van der Waals surface area contributed by atoms with Gasteiger partial charge in [0.05, 0.1) is 6.10 Å². The van der Waals surface area contributed by atoms with Gasteiger partial charge in [0, 0.05) is 11.8 Å². The van der Waals surface area contributed by atoms with Gasteiger partial charge >= 0.3 is 0 Å². The molecule has 1 atom stereocenters. The van der Waals surface area contributed by atoms with Crippen LogP contribution in [0.2, 0.25) is 0 Å². The number of aromatic nitrogens is 1. The van der Waals surface area contributed by atoms with Gasteiger partial charge < -0.3 is 10.8 Å². The van der Waals surface area contributed by atoms with E-state index >= 15 is 0 Å². The number of hydrogen-bond donors (Lipinski definition) is 2. The van der Waals surface area contributed by atoms with Crippen LogP contribution in [-0.2, 0) is 5.41 Å². The van der Waals surface area contributed by atoms with Gasteiger partial charge in [0.2, 0.25) is 0 Å². The van der Waals surface area contributed by atoms with Crippen LogP contribution in [0.3, 0.4) is 0 Å². The van der Waals surface area contributed by atoms with Crippen molar-refractivity contribution in [3.63, 3.8) is 0 Å². The van der Waals surface area contributed by atoms with Crippen molar-refractivity contribution in [2.24, 2.45) is 0 Å². The van der Waals surface area contributed by atoms with Crippen LogP contribution < -0.4 is 5.73 Å². The molecular weight excluding hydrogens is 188 g/mol. The Bertz CT molecular complexity index is 325. The summed E-state index contributed by atoms with van der Waals surface area (Å²) in [4.78, 5) is 4.11. The largest absolute Gasteiger partial charge is 0.393 e. The van der Waals surface area contributed by atoms with Gasteiger partial charge in [-0.15, -0.1) is 0 Å². The molecule has 3 heteroatoms. The van der Waals surface area contributed by atoms with Gasteiger partial charge in [-0.2, -0.15) is 0 Å². The fourth-order valence-electron chi connectivity index (χ4n) is 2.30. The molecule has 0 aromatic carbocycles. The monoisotopic (exact) mass is 208 g/mol. The quantitative estimate of drug-likeness (QED) is 0.799. The third-order valence-corrected chi connectivity index (χ3v) is 2.67. The first-order valence-electron chi connectivity index (χ1n) is 5.24. The van der Waals surface area contributed by atoms with E-state index in [1.54, 1.807) is 13.1 Å². The van der Waals surface area contributed by atoms with Crippen LogP contribution in [0.1, 0.15) is 38.3 Å². The van der Waals surface area contributed by atoms with Gasteiger partial charge in [-0.1, -0.05) is 13.8 Å². The minimum absolute atomic E-state index is 0.142. The number of anilines is 1.